The molecule has 0 aliphatic carbocycles. The second-order valence-electron chi connectivity index (χ2n) is 3.54. The minimum absolute atomic E-state index is 0.282. The first-order valence-electron chi connectivity index (χ1n) is 5.78. The van der Waals surface area contributed by atoms with Gasteiger partial charge in [0.15, 0.2) is 0 Å². The minimum atomic E-state index is -0.356. The maximum Gasteiger partial charge on any atom is 0.338 e. The van der Waals surface area contributed by atoms with Crippen LogP contribution in [0.1, 0.15) is 17.3 Å². The summed E-state index contributed by atoms with van der Waals surface area (Å²) in [6, 6.07) is 6.90. The fourth-order valence-electron chi connectivity index (χ4n) is 1.26. The minimum Gasteiger partial charge on any atom is -0.491 e. The van der Waals surface area contributed by atoms with Gasteiger partial charge >= 0.3 is 5.97 Å². The van der Waals surface area contributed by atoms with Gasteiger partial charge in [0.25, 0.3) is 0 Å². The van der Waals surface area contributed by atoms with E-state index < -0.39 is 0 Å². The fraction of sp³-hybridized carbons (Fsp3) is 0.357. The molecular formula is C14H18O4. The molecule has 0 spiro atoms. The zero-order chi connectivity index (χ0) is 13.2. The van der Waals surface area contributed by atoms with Gasteiger partial charge in [0, 0.05) is 7.11 Å². The number of hydrogen-bond acceptors (Lipinski definition) is 4. The lowest BCUT2D eigenvalue weighted by molar-refractivity contribution is 0.0549. The van der Waals surface area contributed by atoms with E-state index in [1.165, 1.54) is 0 Å². The van der Waals surface area contributed by atoms with Gasteiger partial charge in [-0.05, 0) is 25.1 Å². The largest absolute Gasteiger partial charge is 0.491 e. The van der Waals surface area contributed by atoms with Crippen molar-refractivity contribution in [2.24, 2.45) is 0 Å². The van der Waals surface area contributed by atoms with Crippen molar-refractivity contribution in [1.29, 1.82) is 0 Å². The van der Waals surface area contributed by atoms with Gasteiger partial charge in [0.2, 0.25) is 0 Å². The highest BCUT2D eigenvalue weighted by molar-refractivity contribution is 5.89. The number of methoxy groups -OCH3 is 1. The van der Waals surface area contributed by atoms with Crippen molar-refractivity contribution >= 4 is 5.97 Å². The van der Waals surface area contributed by atoms with E-state index >= 15 is 0 Å². The lowest BCUT2D eigenvalue weighted by Gasteiger charge is -2.07. The number of rotatable bonds is 7. The van der Waals surface area contributed by atoms with Gasteiger partial charge in [0.05, 0.1) is 12.2 Å². The van der Waals surface area contributed by atoms with E-state index in [9.17, 15) is 4.79 Å². The van der Waals surface area contributed by atoms with E-state index in [0.717, 1.165) is 0 Å². The van der Waals surface area contributed by atoms with Crippen molar-refractivity contribution in [3.05, 3.63) is 42.0 Å². The van der Waals surface area contributed by atoms with Gasteiger partial charge in [-0.2, -0.15) is 0 Å². The third kappa shape index (κ3) is 5.01. The average Bonchev–Trinajstić information content (AvgIpc) is 2.39. The maximum atomic E-state index is 11.7. The van der Waals surface area contributed by atoms with Gasteiger partial charge in [-0.1, -0.05) is 18.2 Å². The SMILES string of the molecule is CC=CCOC(=O)c1cccc(OCCOC)c1. The van der Waals surface area contributed by atoms with E-state index in [1.807, 2.05) is 13.0 Å². The zero-order valence-corrected chi connectivity index (χ0v) is 10.7. The number of carbonyl (C=O) groups is 1. The summed E-state index contributed by atoms with van der Waals surface area (Å²) in [5, 5.41) is 0. The third-order valence-corrected chi connectivity index (χ3v) is 2.17. The molecule has 0 fully saturated rings. The quantitative estimate of drug-likeness (QED) is 0.423. The van der Waals surface area contributed by atoms with Crippen LogP contribution in [0.4, 0.5) is 0 Å². The molecule has 0 saturated carbocycles. The van der Waals surface area contributed by atoms with Crippen molar-refractivity contribution in [3.8, 4) is 5.75 Å². The van der Waals surface area contributed by atoms with Crippen molar-refractivity contribution in [3.63, 3.8) is 0 Å². The van der Waals surface area contributed by atoms with E-state index in [-0.39, 0.29) is 12.6 Å². The smallest absolute Gasteiger partial charge is 0.338 e. The Balaban J connectivity index is 2.55. The standard InChI is InChI=1S/C14H18O4/c1-3-4-8-18-14(15)12-6-5-7-13(11-12)17-10-9-16-2/h3-7,11H,8-10H2,1-2H3. The van der Waals surface area contributed by atoms with Crippen molar-refractivity contribution in [1.82, 2.24) is 0 Å². The Morgan fingerprint density at radius 2 is 2.17 bits per heavy atom. The van der Waals surface area contributed by atoms with Crippen LogP contribution in [0.3, 0.4) is 0 Å². The van der Waals surface area contributed by atoms with Crippen molar-refractivity contribution in [2.45, 2.75) is 6.92 Å². The predicted octanol–water partition coefficient (Wildman–Crippen LogP) is 2.44. The summed E-state index contributed by atoms with van der Waals surface area (Å²) in [6.45, 7) is 3.12. The first-order valence-corrected chi connectivity index (χ1v) is 5.78. The van der Waals surface area contributed by atoms with E-state index in [4.69, 9.17) is 14.2 Å². The van der Waals surface area contributed by atoms with Crippen LogP contribution in [0.2, 0.25) is 0 Å². The van der Waals surface area contributed by atoms with Crippen molar-refractivity contribution in [2.75, 3.05) is 26.9 Å². The summed E-state index contributed by atoms with van der Waals surface area (Å²) in [5.41, 5.74) is 0.481. The molecule has 0 aliphatic rings. The van der Waals surface area contributed by atoms with Crippen LogP contribution in [0.5, 0.6) is 5.75 Å². The van der Waals surface area contributed by atoms with E-state index in [2.05, 4.69) is 0 Å². The van der Waals surface area contributed by atoms with Crippen LogP contribution in [0.15, 0.2) is 36.4 Å². The molecule has 1 aromatic carbocycles. The first kappa shape index (κ1) is 14.3. The van der Waals surface area contributed by atoms with Crippen LogP contribution >= 0.6 is 0 Å². The molecule has 0 heterocycles. The van der Waals surface area contributed by atoms with Crippen LogP contribution in [-0.4, -0.2) is 32.9 Å². The summed E-state index contributed by atoms with van der Waals surface area (Å²) < 4.78 is 15.3. The molecule has 0 N–H and O–H groups in total. The Morgan fingerprint density at radius 1 is 1.33 bits per heavy atom. The highest BCUT2D eigenvalue weighted by Crippen LogP contribution is 2.14. The summed E-state index contributed by atoms with van der Waals surface area (Å²) in [6.07, 6.45) is 3.61. The van der Waals surface area contributed by atoms with Gasteiger partial charge in [-0.15, -0.1) is 0 Å². The Labute approximate surface area is 107 Å². The molecule has 0 bridgehead atoms. The molecule has 0 radical (unpaired) electrons. The molecule has 0 saturated heterocycles. The third-order valence-electron chi connectivity index (χ3n) is 2.17. The summed E-state index contributed by atoms with van der Waals surface area (Å²) in [7, 11) is 1.61. The lowest BCUT2D eigenvalue weighted by atomic mass is 10.2. The number of esters is 1. The van der Waals surface area contributed by atoms with Crippen molar-refractivity contribution < 1.29 is 19.0 Å². The first-order chi connectivity index (χ1) is 8.77. The number of ether oxygens (including phenoxy) is 3. The maximum absolute atomic E-state index is 11.7. The second-order valence-corrected chi connectivity index (χ2v) is 3.54. The molecule has 4 heteroatoms. The van der Waals surface area contributed by atoms with Gasteiger partial charge in [0.1, 0.15) is 19.0 Å². The summed E-state index contributed by atoms with van der Waals surface area (Å²) >= 11 is 0. The lowest BCUT2D eigenvalue weighted by Crippen LogP contribution is -2.07. The Bertz CT molecular complexity index is 399. The highest BCUT2D eigenvalue weighted by Gasteiger charge is 2.07. The molecule has 0 atom stereocenters. The van der Waals surface area contributed by atoms with Gasteiger partial charge in [-0.25, -0.2) is 4.79 Å². The Kier molecular flexibility index (Phi) is 6.58. The number of hydrogen-bond donors (Lipinski definition) is 0. The molecule has 1 rings (SSSR count). The second kappa shape index (κ2) is 8.31. The molecule has 0 unspecified atom stereocenters. The number of allylic oxidation sites excluding steroid dienone is 1. The summed E-state index contributed by atoms with van der Waals surface area (Å²) in [4.78, 5) is 11.7. The highest BCUT2D eigenvalue weighted by atomic mass is 16.5. The fourth-order valence-corrected chi connectivity index (χ4v) is 1.26. The number of carbonyl (C=O) groups excluding carboxylic acids is 1. The topological polar surface area (TPSA) is 44.8 Å². The molecule has 4 nitrogen and oxygen atoms in total. The van der Waals surface area contributed by atoms with E-state index in [0.29, 0.717) is 24.5 Å². The molecule has 0 amide bonds. The van der Waals surface area contributed by atoms with Crippen LogP contribution < -0.4 is 4.74 Å². The molecular weight excluding hydrogens is 232 g/mol. The Hall–Kier alpha value is -1.81. The van der Waals surface area contributed by atoms with Crippen LogP contribution in [0.25, 0.3) is 0 Å². The van der Waals surface area contributed by atoms with E-state index in [1.54, 1.807) is 37.5 Å². The Morgan fingerprint density at radius 3 is 2.89 bits per heavy atom. The zero-order valence-electron chi connectivity index (χ0n) is 10.7. The summed E-state index contributed by atoms with van der Waals surface area (Å²) in [5.74, 6) is 0.276. The van der Waals surface area contributed by atoms with Crippen LogP contribution in [0, 0.1) is 0 Å². The number of benzene rings is 1. The van der Waals surface area contributed by atoms with Crippen LogP contribution in [-0.2, 0) is 9.47 Å². The molecule has 0 aromatic heterocycles. The van der Waals surface area contributed by atoms with Gasteiger partial charge in [-0.3, -0.25) is 0 Å². The molecule has 1 aromatic rings. The monoisotopic (exact) mass is 250 g/mol. The molecule has 98 valence electrons. The predicted molar refractivity (Wildman–Crippen MR) is 68.9 cm³/mol. The average molecular weight is 250 g/mol. The molecule has 18 heavy (non-hydrogen) atoms. The van der Waals surface area contributed by atoms with Gasteiger partial charge < -0.3 is 14.2 Å². The normalized spacial score (nSPS) is 10.6. The molecule has 0 aliphatic heterocycles.